The smallest absolute Gasteiger partial charge is 0.319 e. The van der Waals surface area contributed by atoms with Crippen LogP contribution >= 0.6 is 0 Å². The Morgan fingerprint density at radius 3 is 2.44 bits per heavy atom. The van der Waals surface area contributed by atoms with Crippen LogP contribution in [0.2, 0.25) is 0 Å². The summed E-state index contributed by atoms with van der Waals surface area (Å²) in [5.41, 5.74) is 5.16. The standard InChI is InChI=1S/C30H35N3O3/c1-4-27-18-24-14-8-9-15-25(24)19-33(27)29(34)28(22(3)36-20-23-12-6-5-7-13-23)32-30(35)31-26-16-10-11-21(2)17-26/h5-17,22,27-28H,4,18-20H2,1-3H3,(H2,31,32,35)/t22?,27-,28?/m0/s1. The molecule has 0 radical (unpaired) electrons. The number of anilines is 1. The van der Waals surface area contributed by atoms with Gasteiger partial charge in [0.05, 0.1) is 12.7 Å². The van der Waals surface area contributed by atoms with E-state index in [-0.39, 0.29) is 11.9 Å². The van der Waals surface area contributed by atoms with E-state index in [1.165, 1.54) is 5.56 Å². The Morgan fingerprint density at radius 1 is 1.00 bits per heavy atom. The average Bonchev–Trinajstić information content (AvgIpc) is 2.89. The molecule has 2 unspecified atom stereocenters. The molecule has 0 aliphatic carbocycles. The fourth-order valence-electron chi connectivity index (χ4n) is 4.70. The van der Waals surface area contributed by atoms with Crippen LogP contribution in [0.3, 0.4) is 0 Å². The minimum Gasteiger partial charge on any atom is -0.371 e. The molecule has 3 amide bonds. The Kier molecular flexibility index (Phi) is 8.39. The third kappa shape index (κ3) is 6.32. The van der Waals surface area contributed by atoms with E-state index in [1.807, 2.05) is 85.5 Å². The van der Waals surface area contributed by atoms with Crippen LogP contribution in [0.4, 0.5) is 10.5 Å². The van der Waals surface area contributed by atoms with E-state index in [9.17, 15) is 9.59 Å². The molecule has 0 bridgehead atoms. The summed E-state index contributed by atoms with van der Waals surface area (Å²) in [5.74, 6) is -0.128. The minimum absolute atomic E-state index is 0.0675. The van der Waals surface area contributed by atoms with Crippen molar-refractivity contribution in [1.29, 1.82) is 0 Å². The number of carbonyl (C=O) groups is 2. The molecular formula is C30H35N3O3. The molecule has 3 aromatic carbocycles. The first-order valence-corrected chi connectivity index (χ1v) is 12.6. The first-order valence-electron chi connectivity index (χ1n) is 12.6. The van der Waals surface area contributed by atoms with E-state index < -0.39 is 18.2 Å². The van der Waals surface area contributed by atoms with Gasteiger partial charge in [-0.1, -0.05) is 73.7 Å². The van der Waals surface area contributed by atoms with Gasteiger partial charge in [0.15, 0.2) is 0 Å². The zero-order chi connectivity index (χ0) is 25.5. The third-order valence-electron chi connectivity index (χ3n) is 6.76. The molecule has 3 atom stereocenters. The fraction of sp³-hybridized carbons (Fsp3) is 0.333. The van der Waals surface area contributed by atoms with Gasteiger partial charge in [-0.15, -0.1) is 0 Å². The van der Waals surface area contributed by atoms with Crippen LogP contribution in [-0.2, 0) is 29.1 Å². The van der Waals surface area contributed by atoms with Crippen molar-refractivity contribution in [2.75, 3.05) is 5.32 Å². The van der Waals surface area contributed by atoms with Gasteiger partial charge in [-0.05, 0) is 61.1 Å². The van der Waals surface area contributed by atoms with Gasteiger partial charge in [0, 0.05) is 18.3 Å². The highest BCUT2D eigenvalue weighted by molar-refractivity contribution is 5.94. The van der Waals surface area contributed by atoms with Gasteiger partial charge in [-0.25, -0.2) is 4.79 Å². The molecule has 6 nitrogen and oxygen atoms in total. The lowest BCUT2D eigenvalue weighted by atomic mass is 9.91. The summed E-state index contributed by atoms with van der Waals surface area (Å²) in [4.78, 5) is 28.9. The molecular weight excluding hydrogens is 450 g/mol. The third-order valence-corrected chi connectivity index (χ3v) is 6.76. The summed E-state index contributed by atoms with van der Waals surface area (Å²) in [5, 5.41) is 5.78. The van der Waals surface area contributed by atoms with E-state index in [1.54, 1.807) is 0 Å². The second kappa shape index (κ2) is 11.9. The van der Waals surface area contributed by atoms with Crippen LogP contribution in [0.1, 0.15) is 42.5 Å². The number of hydrogen-bond donors (Lipinski definition) is 2. The summed E-state index contributed by atoms with van der Waals surface area (Å²) in [6.45, 7) is 6.79. The lowest BCUT2D eigenvalue weighted by molar-refractivity contribution is -0.141. The molecule has 4 rings (SSSR count). The largest absolute Gasteiger partial charge is 0.371 e. The van der Waals surface area contributed by atoms with Gasteiger partial charge in [0.1, 0.15) is 6.04 Å². The number of ether oxygens (including phenoxy) is 1. The van der Waals surface area contributed by atoms with Gasteiger partial charge in [-0.2, -0.15) is 0 Å². The molecule has 3 aromatic rings. The maximum Gasteiger partial charge on any atom is 0.319 e. The number of nitrogens with zero attached hydrogens (tertiary/aromatic N) is 1. The first-order chi connectivity index (χ1) is 17.4. The number of benzene rings is 3. The number of amides is 3. The van der Waals surface area contributed by atoms with E-state index in [4.69, 9.17) is 4.74 Å². The Hall–Kier alpha value is -3.64. The normalized spacial score (nSPS) is 16.5. The summed E-state index contributed by atoms with van der Waals surface area (Å²) < 4.78 is 6.12. The summed E-state index contributed by atoms with van der Waals surface area (Å²) in [7, 11) is 0. The Labute approximate surface area is 213 Å². The summed E-state index contributed by atoms with van der Waals surface area (Å²) >= 11 is 0. The van der Waals surface area contributed by atoms with Gasteiger partial charge in [0.25, 0.3) is 0 Å². The van der Waals surface area contributed by atoms with E-state index in [0.29, 0.717) is 18.8 Å². The maximum absolute atomic E-state index is 14.0. The predicted molar refractivity (Wildman–Crippen MR) is 143 cm³/mol. The molecule has 6 heteroatoms. The van der Waals surface area contributed by atoms with Gasteiger partial charge in [-0.3, -0.25) is 4.79 Å². The number of hydrogen-bond acceptors (Lipinski definition) is 3. The second-order valence-corrected chi connectivity index (χ2v) is 9.45. The van der Waals surface area contributed by atoms with Crippen molar-refractivity contribution in [3.63, 3.8) is 0 Å². The van der Waals surface area contributed by atoms with E-state index >= 15 is 0 Å². The Balaban J connectivity index is 1.53. The molecule has 1 aliphatic heterocycles. The number of nitrogens with one attached hydrogen (secondary N) is 2. The molecule has 1 heterocycles. The van der Waals surface area contributed by atoms with Crippen molar-refractivity contribution in [3.8, 4) is 0 Å². The fourth-order valence-corrected chi connectivity index (χ4v) is 4.70. The first kappa shape index (κ1) is 25.5. The highest BCUT2D eigenvalue weighted by atomic mass is 16.5. The van der Waals surface area contributed by atoms with Crippen molar-refractivity contribution in [2.45, 2.75) is 65.0 Å². The van der Waals surface area contributed by atoms with Crippen LogP contribution in [0, 0.1) is 6.92 Å². The molecule has 0 spiro atoms. The SMILES string of the molecule is CC[C@H]1Cc2ccccc2CN1C(=O)C(NC(=O)Nc1cccc(C)c1)C(C)OCc1ccccc1. The predicted octanol–water partition coefficient (Wildman–Crippen LogP) is 5.45. The number of carbonyl (C=O) groups excluding carboxylic acids is 2. The monoisotopic (exact) mass is 485 g/mol. The highest BCUT2D eigenvalue weighted by Crippen LogP contribution is 2.26. The van der Waals surface area contributed by atoms with Crippen LogP contribution in [0.25, 0.3) is 0 Å². The average molecular weight is 486 g/mol. The lowest BCUT2D eigenvalue weighted by Crippen LogP contribution is -2.58. The van der Waals surface area contributed by atoms with Crippen LogP contribution in [0.5, 0.6) is 0 Å². The zero-order valence-corrected chi connectivity index (χ0v) is 21.2. The number of aryl methyl sites for hydroxylation is 1. The van der Waals surface area contributed by atoms with Crippen molar-refractivity contribution >= 4 is 17.6 Å². The van der Waals surface area contributed by atoms with E-state index in [0.717, 1.165) is 29.5 Å². The summed E-state index contributed by atoms with van der Waals surface area (Å²) in [6.07, 6.45) is 1.11. The van der Waals surface area contributed by atoms with Crippen molar-refractivity contribution < 1.29 is 14.3 Å². The van der Waals surface area contributed by atoms with Gasteiger partial charge < -0.3 is 20.3 Å². The molecule has 1 aliphatic rings. The van der Waals surface area contributed by atoms with E-state index in [2.05, 4.69) is 29.7 Å². The van der Waals surface area contributed by atoms with Crippen LogP contribution in [0.15, 0.2) is 78.9 Å². The number of rotatable bonds is 8. The highest BCUT2D eigenvalue weighted by Gasteiger charge is 2.36. The summed E-state index contributed by atoms with van der Waals surface area (Å²) in [6, 6.07) is 24.5. The second-order valence-electron chi connectivity index (χ2n) is 9.45. The maximum atomic E-state index is 14.0. The Bertz CT molecular complexity index is 1180. The van der Waals surface area contributed by atoms with Crippen molar-refractivity contribution in [3.05, 3.63) is 101 Å². The van der Waals surface area contributed by atoms with Crippen LogP contribution in [-0.4, -0.2) is 35.0 Å². The number of fused-ring (bicyclic) bond motifs is 1. The molecule has 188 valence electrons. The molecule has 0 aromatic heterocycles. The Morgan fingerprint density at radius 2 is 1.72 bits per heavy atom. The zero-order valence-electron chi connectivity index (χ0n) is 21.2. The molecule has 0 saturated heterocycles. The molecule has 2 N–H and O–H groups in total. The molecule has 36 heavy (non-hydrogen) atoms. The minimum atomic E-state index is -0.835. The molecule has 0 fully saturated rings. The van der Waals surface area contributed by atoms with Gasteiger partial charge in [0.2, 0.25) is 5.91 Å². The molecule has 0 saturated carbocycles. The number of urea groups is 1. The topological polar surface area (TPSA) is 70.7 Å². The lowest BCUT2D eigenvalue weighted by Gasteiger charge is -2.39. The van der Waals surface area contributed by atoms with Gasteiger partial charge >= 0.3 is 6.03 Å². The quantitative estimate of drug-likeness (QED) is 0.445. The van der Waals surface area contributed by atoms with Crippen LogP contribution < -0.4 is 10.6 Å². The van der Waals surface area contributed by atoms with Crippen molar-refractivity contribution in [1.82, 2.24) is 10.2 Å². The van der Waals surface area contributed by atoms with Crippen molar-refractivity contribution in [2.24, 2.45) is 0 Å².